The van der Waals surface area contributed by atoms with Gasteiger partial charge in [-0.05, 0) is 43.9 Å². The van der Waals surface area contributed by atoms with Crippen molar-refractivity contribution in [3.63, 3.8) is 0 Å². The first kappa shape index (κ1) is 25.6. The Hall–Kier alpha value is -3.09. The van der Waals surface area contributed by atoms with Crippen molar-refractivity contribution in [3.05, 3.63) is 46.6 Å². The Bertz CT molecular complexity index is 1420. The maximum atomic E-state index is 13.8. The number of likely N-dealkylation sites (tertiary alicyclic amines) is 1. The molecule has 13 heteroatoms. The first-order chi connectivity index (χ1) is 17.7. The quantitative estimate of drug-likeness (QED) is 0.392. The molecule has 4 N–H and O–H groups in total. The van der Waals surface area contributed by atoms with E-state index in [-0.39, 0.29) is 23.2 Å². The van der Waals surface area contributed by atoms with Gasteiger partial charge in [-0.1, -0.05) is 11.6 Å². The fraction of sp³-hybridized carbons (Fsp3) is 0.458. The molecule has 198 valence electrons. The Morgan fingerprint density at radius 2 is 1.97 bits per heavy atom. The maximum absolute atomic E-state index is 13.8. The Kier molecular flexibility index (Phi) is 7.15. The number of carbonyl (C=O) groups is 1. The highest BCUT2D eigenvalue weighted by atomic mass is 35.5. The van der Waals surface area contributed by atoms with Crippen molar-refractivity contribution in [2.75, 3.05) is 53.9 Å². The molecular formula is C24H31ClN8O3S. The molecular weight excluding hydrogens is 516 g/mol. The number of anilines is 3. The lowest BCUT2D eigenvalue weighted by Gasteiger charge is -2.35. The Morgan fingerprint density at radius 1 is 1.16 bits per heavy atom. The zero-order valence-corrected chi connectivity index (χ0v) is 22.2. The molecule has 0 saturated carbocycles. The number of rotatable bonds is 8. The molecule has 0 radical (unpaired) electrons. The monoisotopic (exact) mass is 546 g/mol. The van der Waals surface area contributed by atoms with E-state index in [1.165, 1.54) is 12.1 Å². The molecule has 0 bridgehead atoms. The number of sulfonamides is 1. The molecule has 2 saturated heterocycles. The first-order valence-electron chi connectivity index (χ1n) is 12.4. The zero-order chi connectivity index (χ0) is 26.2. The summed E-state index contributed by atoms with van der Waals surface area (Å²) in [6.07, 6.45) is 4.70. The van der Waals surface area contributed by atoms with Gasteiger partial charge in [-0.3, -0.25) is 9.52 Å². The molecule has 0 aliphatic carbocycles. The fourth-order valence-electron chi connectivity index (χ4n) is 4.79. The second kappa shape index (κ2) is 10.3. The van der Waals surface area contributed by atoms with E-state index in [0.29, 0.717) is 30.3 Å². The summed E-state index contributed by atoms with van der Waals surface area (Å²) in [6, 6.07) is 8.19. The fourth-order valence-corrected chi connectivity index (χ4v) is 5.54. The van der Waals surface area contributed by atoms with Gasteiger partial charge < -0.3 is 20.9 Å². The summed E-state index contributed by atoms with van der Waals surface area (Å²) < 4.78 is 28.1. The molecule has 0 spiro atoms. The predicted octanol–water partition coefficient (Wildman–Crippen LogP) is 2.70. The van der Waals surface area contributed by atoms with Gasteiger partial charge in [0.25, 0.3) is 5.91 Å². The minimum Gasteiger partial charge on any atom is -0.369 e. The number of carbonyl (C=O) groups excluding carboxylic acids is 1. The molecule has 5 rings (SSSR count). The van der Waals surface area contributed by atoms with Crippen molar-refractivity contribution in [2.24, 2.45) is 5.73 Å². The average Bonchev–Trinajstić information content (AvgIpc) is 3.25. The molecule has 11 nitrogen and oxygen atoms in total. The molecule has 2 aromatic heterocycles. The van der Waals surface area contributed by atoms with E-state index in [9.17, 15) is 13.2 Å². The van der Waals surface area contributed by atoms with Gasteiger partial charge in [0.1, 0.15) is 11.6 Å². The molecule has 2 aliphatic heterocycles. The van der Waals surface area contributed by atoms with E-state index in [1.807, 2.05) is 12.1 Å². The number of nitrogens with two attached hydrogens (primary N) is 1. The van der Waals surface area contributed by atoms with Crippen LogP contribution in [0, 0.1) is 0 Å². The molecule has 1 unspecified atom stereocenters. The summed E-state index contributed by atoms with van der Waals surface area (Å²) in [4.78, 5) is 22.6. The maximum Gasteiger partial charge on any atom is 0.256 e. The van der Waals surface area contributed by atoms with Gasteiger partial charge in [0.2, 0.25) is 10.0 Å². The predicted molar refractivity (Wildman–Crippen MR) is 145 cm³/mol. The van der Waals surface area contributed by atoms with Crippen LogP contribution in [0.4, 0.5) is 17.3 Å². The van der Waals surface area contributed by atoms with Crippen molar-refractivity contribution in [3.8, 4) is 0 Å². The van der Waals surface area contributed by atoms with Crippen LogP contribution in [0.2, 0.25) is 5.02 Å². The summed E-state index contributed by atoms with van der Waals surface area (Å²) >= 11 is 6.20. The van der Waals surface area contributed by atoms with Crippen LogP contribution in [0.15, 0.2) is 30.3 Å². The molecule has 1 amide bonds. The molecule has 3 aromatic rings. The number of amides is 1. The molecule has 37 heavy (non-hydrogen) atoms. The number of halogens is 1. The van der Waals surface area contributed by atoms with Gasteiger partial charge >= 0.3 is 0 Å². The molecule has 1 aromatic carbocycles. The third-order valence-electron chi connectivity index (χ3n) is 6.68. The largest absolute Gasteiger partial charge is 0.369 e. The number of aromatic nitrogens is 3. The topological polar surface area (TPSA) is 138 Å². The highest BCUT2D eigenvalue weighted by Gasteiger charge is 2.32. The number of fused-ring (bicyclic) bond motifs is 1. The normalized spacial score (nSPS) is 18.1. The lowest BCUT2D eigenvalue weighted by Crippen LogP contribution is -2.39. The van der Waals surface area contributed by atoms with Crippen LogP contribution in [0.5, 0.6) is 0 Å². The van der Waals surface area contributed by atoms with E-state index in [0.717, 1.165) is 62.4 Å². The average molecular weight is 547 g/mol. The van der Waals surface area contributed by atoms with Crippen molar-refractivity contribution in [1.29, 1.82) is 0 Å². The van der Waals surface area contributed by atoms with E-state index in [4.69, 9.17) is 27.4 Å². The number of benzene rings is 1. The Labute approximate surface area is 221 Å². The summed E-state index contributed by atoms with van der Waals surface area (Å²) in [5.74, 6) is 1.38. The van der Waals surface area contributed by atoms with Crippen molar-refractivity contribution >= 4 is 50.5 Å². The van der Waals surface area contributed by atoms with Crippen LogP contribution in [0.1, 0.15) is 47.8 Å². The van der Waals surface area contributed by atoms with Gasteiger partial charge in [-0.25, -0.2) is 13.4 Å². The van der Waals surface area contributed by atoms with Crippen molar-refractivity contribution < 1.29 is 13.2 Å². The summed E-state index contributed by atoms with van der Waals surface area (Å²) in [5, 5.41) is 8.55. The number of nitrogens with zero attached hydrogens (tertiary/aromatic N) is 5. The van der Waals surface area contributed by atoms with E-state index in [2.05, 4.69) is 14.9 Å². The van der Waals surface area contributed by atoms with Crippen LogP contribution in [0.25, 0.3) is 5.65 Å². The third kappa shape index (κ3) is 5.46. The highest BCUT2D eigenvalue weighted by molar-refractivity contribution is 7.92. The zero-order valence-electron chi connectivity index (χ0n) is 20.7. The summed E-state index contributed by atoms with van der Waals surface area (Å²) in [7, 11) is -3.59. The molecule has 2 aliphatic rings. The van der Waals surface area contributed by atoms with Crippen LogP contribution < -0.4 is 20.7 Å². The van der Waals surface area contributed by atoms with Crippen molar-refractivity contribution in [1.82, 2.24) is 19.5 Å². The molecule has 1 atom stereocenters. The van der Waals surface area contributed by atoms with E-state index >= 15 is 0 Å². The minimum atomic E-state index is -3.59. The summed E-state index contributed by atoms with van der Waals surface area (Å²) in [5.41, 5.74) is 7.56. The van der Waals surface area contributed by atoms with E-state index < -0.39 is 10.0 Å². The molecule has 2 fully saturated rings. The SMILES string of the molecule is CS(=O)(=O)Nc1ccc(Cl)cc1C(=O)N1CCCCC1c1cc2nc(N3CCC3)cc(NCCN)n2n1. The first-order valence-corrected chi connectivity index (χ1v) is 14.7. The Balaban J connectivity index is 1.52. The summed E-state index contributed by atoms with van der Waals surface area (Å²) in [6.45, 7) is 3.52. The van der Waals surface area contributed by atoms with Crippen LogP contribution in [0.3, 0.4) is 0 Å². The van der Waals surface area contributed by atoms with Crippen LogP contribution in [-0.2, 0) is 10.0 Å². The number of hydrogen-bond donors (Lipinski definition) is 3. The molecule has 4 heterocycles. The second-order valence-corrected chi connectivity index (χ2v) is 11.7. The number of nitrogens with one attached hydrogen (secondary N) is 2. The third-order valence-corrected chi connectivity index (χ3v) is 7.50. The number of hydrogen-bond acceptors (Lipinski definition) is 8. The minimum absolute atomic E-state index is 0.199. The van der Waals surface area contributed by atoms with E-state index in [1.54, 1.807) is 15.5 Å². The lowest BCUT2D eigenvalue weighted by atomic mass is 9.98. The standard InChI is InChI=1S/C24H31ClN8O3S/c1-37(35,36)30-18-7-6-16(25)13-17(18)24(34)32-12-3-2-5-20(32)19-14-23-28-22(31-10-4-11-31)15-21(27-9-8-26)33(23)29-19/h6-7,13-15,20,27,30H,2-5,8-12,26H2,1H3. The number of piperidine rings is 1. The lowest BCUT2D eigenvalue weighted by molar-refractivity contribution is 0.0607. The second-order valence-electron chi connectivity index (χ2n) is 9.47. The van der Waals surface area contributed by atoms with Crippen molar-refractivity contribution in [2.45, 2.75) is 31.7 Å². The van der Waals surface area contributed by atoms with Crippen LogP contribution >= 0.6 is 11.6 Å². The smallest absolute Gasteiger partial charge is 0.256 e. The highest BCUT2D eigenvalue weighted by Crippen LogP contribution is 2.35. The Morgan fingerprint density at radius 3 is 2.68 bits per heavy atom. The van der Waals surface area contributed by atoms with Gasteiger partial charge in [-0.2, -0.15) is 9.61 Å². The van der Waals surface area contributed by atoms with Gasteiger partial charge in [-0.15, -0.1) is 0 Å². The van der Waals surface area contributed by atoms with Gasteiger partial charge in [0.15, 0.2) is 5.65 Å². The van der Waals surface area contributed by atoms with Gasteiger partial charge in [0, 0.05) is 49.9 Å². The van der Waals surface area contributed by atoms with Gasteiger partial charge in [0.05, 0.1) is 29.2 Å². The van der Waals surface area contributed by atoms with Crippen LogP contribution in [-0.4, -0.2) is 72.8 Å².